The van der Waals surface area contributed by atoms with Crippen molar-refractivity contribution in [1.82, 2.24) is 15.3 Å². The van der Waals surface area contributed by atoms with Crippen LogP contribution in [0.15, 0.2) is 30.1 Å². The van der Waals surface area contributed by atoms with E-state index >= 15 is 0 Å². The standard InChI is InChI=1S/C20H29N3O4/c1-13(2)23-19(10-14(3)21-23)22-15(8-9-20(22)26-4)12-27-18-7-5-6-17(25)16(18)11-24/h5-7,10-11,13-15,20-21,25H,8-9,12H2,1-4H3. The fourth-order valence-electron chi connectivity index (χ4n) is 3.79. The molecule has 0 amide bonds. The summed E-state index contributed by atoms with van der Waals surface area (Å²) in [6.07, 6.45) is 4.64. The van der Waals surface area contributed by atoms with Gasteiger partial charge in [0.2, 0.25) is 0 Å². The molecule has 0 saturated carbocycles. The van der Waals surface area contributed by atoms with E-state index in [0.717, 1.165) is 18.7 Å². The molecule has 7 heteroatoms. The highest BCUT2D eigenvalue weighted by atomic mass is 16.5. The number of methoxy groups -OCH3 is 1. The predicted octanol–water partition coefficient (Wildman–Crippen LogP) is 2.48. The number of hydrazine groups is 1. The summed E-state index contributed by atoms with van der Waals surface area (Å²) in [6, 6.07) is 5.51. The van der Waals surface area contributed by atoms with Crippen molar-refractivity contribution in [3.63, 3.8) is 0 Å². The minimum Gasteiger partial charge on any atom is -0.507 e. The Hall–Kier alpha value is -2.25. The zero-order valence-electron chi connectivity index (χ0n) is 16.4. The van der Waals surface area contributed by atoms with Gasteiger partial charge in [-0.25, -0.2) is 5.43 Å². The number of likely N-dealkylation sites (tertiary alicyclic amines) is 1. The highest BCUT2D eigenvalue weighted by molar-refractivity contribution is 5.83. The molecule has 148 valence electrons. The van der Waals surface area contributed by atoms with E-state index in [1.165, 1.54) is 6.07 Å². The number of phenols is 1. The summed E-state index contributed by atoms with van der Waals surface area (Å²) in [4.78, 5) is 13.5. The Morgan fingerprint density at radius 3 is 2.81 bits per heavy atom. The molecule has 0 aliphatic carbocycles. The lowest BCUT2D eigenvalue weighted by Gasteiger charge is -2.38. The summed E-state index contributed by atoms with van der Waals surface area (Å²) in [7, 11) is 1.73. The van der Waals surface area contributed by atoms with Crippen LogP contribution in [0.5, 0.6) is 11.5 Å². The molecule has 0 aromatic heterocycles. The van der Waals surface area contributed by atoms with E-state index in [4.69, 9.17) is 9.47 Å². The first-order chi connectivity index (χ1) is 13.0. The first-order valence-electron chi connectivity index (χ1n) is 9.44. The van der Waals surface area contributed by atoms with Crippen LogP contribution in [0.3, 0.4) is 0 Å². The Labute approximate surface area is 160 Å². The second-order valence-electron chi connectivity index (χ2n) is 7.35. The monoisotopic (exact) mass is 375 g/mol. The fourth-order valence-corrected chi connectivity index (χ4v) is 3.79. The first kappa shape index (κ1) is 19.5. The summed E-state index contributed by atoms with van der Waals surface area (Å²) >= 11 is 0. The van der Waals surface area contributed by atoms with E-state index in [1.54, 1.807) is 19.2 Å². The van der Waals surface area contributed by atoms with Gasteiger partial charge in [-0.15, -0.1) is 0 Å². The number of aldehydes is 1. The van der Waals surface area contributed by atoms with Crippen molar-refractivity contribution in [2.45, 2.75) is 58.0 Å². The molecule has 1 saturated heterocycles. The summed E-state index contributed by atoms with van der Waals surface area (Å²) in [5, 5.41) is 12.0. The second-order valence-corrected chi connectivity index (χ2v) is 7.35. The lowest BCUT2D eigenvalue weighted by atomic mass is 10.2. The molecule has 0 spiro atoms. The number of aromatic hydroxyl groups is 1. The van der Waals surface area contributed by atoms with Crippen LogP contribution >= 0.6 is 0 Å². The van der Waals surface area contributed by atoms with E-state index < -0.39 is 0 Å². The Bertz CT molecular complexity index is 706. The Balaban J connectivity index is 1.80. The number of benzene rings is 1. The molecular weight excluding hydrogens is 346 g/mol. The second kappa shape index (κ2) is 8.19. The molecule has 2 aliphatic heterocycles. The highest BCUT2D eigenvalue weighted by Gasteiger charge is 2.40. The molecule has 3 rings (SSSR count). The summed E-state index contributed by atoms with van der Waals surface area (Å²) in [5.74, 6) is 1.43. The third kappa shape index (κ3) is 3.89. The summed E-state index contributed by atoms with van der Waals surface area (Å²) in [5.41, 5.74) is 3.65. The van der Waals surface area contributed by atoms with Crippen LogP contribution in [0.25, 0.3) is 0 Å². The minimum atomic E-state index is -0.0666. The molecule has 3 atom stereocenters. The van der Waals surface area contributed by atoms with E-state index in [0.29, 0.717) is 24.7 Å². The number of hydrogen-bond donors (Lipinski definition) is 2. The lowest BCUT2D eigenvalue weighted by Crippen LogP contribution is -2.49. The van der Waals surface area contributed by atoms with Gasteiger partial charge in [0.1, 0.15) is 30.2 Å². The SMILES string of the molecule is COC1CCC(COc2cccc(O)c2C=O)N1C1=CC(C)NN1C(C)C. The van der Waals surface area contributed by atoms with Crippen LogP contribution in [-0.4, -0.2) is 59.4 Å². The van der Waals surface area contributed by atoms with Crippen molar-refractivity contribution in [1.29, 1.82) is 0 Å². The van der Waals surface area contributed by atoms with Crippen LogP contribution in [0, 0.1) is 0 Å². The molecule has 2 aliphatic rings. The molecule has 1 aromatic rings. The van der Waals surface area contributed by atoms with Crippen LogP contribution in [0.2, 0.25) is 0 Å². The van der Waals surface area contributed by atoms with Gasteiger partial charge in [0, 0.05) is 19.2 Å². The van der Waals surface area contributed by atoms with Gasteiger partial charge in [0.15, 0.2) is 6.29 Å². The lowest BCUT2D eigenvalue weighted by molar-refractivity contribution is -0.0293. The summed E-state index contributed by atoms with van der Waals surface area (Å²) < 4.78 is 11.7. The van der Waals surface area contributed by atoms with Crippen LogP contribution in [0.4, 0.5) is 0 Å². The third-order valence-electron chi connectivity index (χ3n) is 5.08. The minimum absolute atomic E-state index is 0.0204. The van der Waals surface area contributed by atoms with Crippen molar-refractivity contribution in [3.05, 3.63) is 35.7 Å². The maximum atomic E-state index is 11.3. The van der Waals surface area contributed by atoms with Crippen molar-refractivity contribution in [3.8, 4) is 11.5 Å². The maximum absolute atomic E-state index is 11.3. The van der Waals surface area contributed by atoms with E-state index in [9.17, 15) is 9.90 Å². The highest BCUT2D eigenvalue weighted by Crippen LogP contribution is 2.34. The topological polar surface area (TPSA) is 74.3 Å². The maximum Gasteiger partial charge on any atom is 0.157 e. The Morgan fingerprint density at radius 2 is 2.15 bits per heavy atom. The van der Waals surface area contributed by atoms with Crippen molar-refractivity contribution >= 4 is 6.29 Å². The van der Waals surface area contributed by atoms with Crippen molar-refractivity contribution in [2.24, 2.45) is 0 Å². The molecule has 1 fully saturated rings. The van der Waals surface area contributed by atoms with E-state index in [2.05, 4.69) is 42.2 Å². The number of phenolic OH excluding ortho intramolecular Hbond substituents is 1. The van der Waals surface area contributed by atoms with Gasteiger partial charge in [-0.1, -0.05) is 6.07 Å². The molecule has 7 nitrogen and oxygen atoms in total. The van der Waals surface area contributed by atoms with Crippen LogP contribution in [0.1, 0.15) is 44.0 Å². The van der Waals surface area contributed by atoms with Crippen LogP contribution < -0.4 is 10.2 Å². The molecular formula is C20H29N3O4. The number of nitrogens with zero attached hydrogens (tertiary/aromatic N) is 2. The first-order valence-corrected chi connectivity index (χ1v) is 9.44. The predicted molar refractivity (Wildman–Crippen MR) is 102 cm³/mol. The van der Waals surface area contributed by atoms with E-state index in [1.807, 2.05) is 0 Å². The molecule has 3 unspecified atom stereocenters. The Kier molecular flexibility index (Phi) is 5.92. The van der Waals surface area contributed by atoms with Crippen molar-refractivity contribution < 1.29 is 19.4 Å². The molecule has 0 radical (unpaired) electrons. The zero-order valence-corrected chi connectivity index (χ0v) is 16.4. The Morgan fingerprint density at radius 1 is 1.37 bits per heavy atom. The van der Waals surface area contributed by atoms with Gasteiger partial charge in [-0.3, -0.25) is 9.80 Å². The largest absolute Gasteiger partial charge is 0.507 e. The molecule has 0 bridgehead atoms. The average molecular weight is 375 g/mol. The quantitative estimate of drug-likeness (QED) is 0.709. The molecule has 1 aromatic carbocycles. The van der Waals surface area contributed by atoms with Gasteiger partial charge in [0.25, 0.3) is 0 Å². The normalized spacial score (nSPS) is 25.2. The number of ether oxygens (including phenoxy) is 2. The zero-order chi connectivity index (χ0) is 19.6. The number of hydrogen-bond acceptors (Lipinski definition) is 7. The number of carbonyl (C=O) groups excluding carboxylic acids is 1. The number of carbonyl (C=O) groups is 1. The van der Waals surface area contributed by atoms with E-state index in [-0.39, 0.29) is 29.6 Å². The third-order valence-corrected chi connectivity index (χ3v) is 5.08. The number of nitrogens with one attached hydrogen (secondary N) is 1. The van der Waals surface area contributed by atoms with Gasteiger partial charge >= 0.3 is 0 Å². The van der Waals surface area contributed by atoms with Crippen molar-refractivity contribution in [2.75, 3.05) is 13.7 Å². The summed E-state index contributed by atoms with van der Waals surface area (Å²) in [6.45, 7) is 6.81. The van der Waals surface area contributed by atoms with Gasteiger partial charge in [-0.05, 0) is 51.8 Å². The molecule has 27 heavy (non-hydrogen) atoms. The molecule has 2 N–H and O–H groups in total. The average Bonchev–Trinajstić information content (AvgIpc) is 3.22. The molecule has 2 heterocycles. The van der Waals surface area contributed by atoms with Crippen LogP contribution in [-0.2, 0) is 4.74 Å². The smallest absolute Gasteiger partial charge is 0.157 e. The fraction of sp³-hybridized carbons (Fsp3) is 0.550. The van der Waals surface area contributed by atoms with Gasteiger partial charge in [-0.2, -0.15) is 0 Å². The van der Waals surface area contributed by atoms with Gasteiger partial charge in [0.05, 0.1) is 11.6 Å². The van der Waals surface area contributed by atoms with Gasteiger partial charge < -0.3 is 19.5 Å². The number of rotatable bonds is 7.